The largest absolute Gasteiger partial charge is 0.464 e. The topological polar surface area (TPSA) is 103 Å². The Bertz CT molecular complexity index is 861. The minimum atomic E-state index is -0.545. The Hall–Kier alpha value is -2.71. The summed E-state index contributed by atoms with van der Waals surface area (Å²) < 4.78 is 13.2. The van der Waals surface area contributed by atoms with Gasteiger partial charge in [0, 0.05) is 25.1 Å². The number of hydrogen-bond donors (Lipinski definition) is 2. The quantitative estimate of drug-likeness (QED) is 0.800. The lowest BCUT2D eigenvalue weighted by molar-refractivity contribution is -0.192. The third kappa shape index (κ3) is 5.40. The molecule has 0 spiro atoms. The minimum absolute atomic E-state index is 0.0868. The second-order valence-corrected chi connectivity index (χ2v) is 6.95. The van der Waals surface area contributed by atoms with Crippen molar-refractivity contribution in [2.24, 2.45) is 0 Å². The molecule has 2 N–H and O–H groups in total. The summed E-state index contributed by atoms with van der Waals surface area (Å²) in [5, 5.41) is 12.5. The van der Waals surface area contributed by atoms with E-state index in [9.17, 15) is 14.7 Å². The average molecular weight is 387 g/mol. The van der Waals surface area contributed by atoms with Gasteiger partial charge in [-0.15, -0.1) is 0 Å². The van der Waals surface area contributed by atoms with Crippen LogP contribution in [0.4, 0.5) is 5.82 Å². The molecule has 1 amide bonds. The van der Waals surface area contributed by atoms with Gasteiger partial charge in [0.25, 0.3) is 0 Å². The summed E-state index contributed by atoms with van der Waals surface area (Å²) in [4.78, 5) is 27.3. The molecule has 2 heterocycles. The van der Waals surface area contributed by atoms with Gasteiger partial charge in [0.1, 0.15) is 11.6 Å². The number of nitrogens with one attached hydrogen (secondary N) is 1. The number of amides is 1. The summed E-state index contributed by atoms with van der Waals surface area (Å²) in [5.74, 6) is 0.524. The summed E-state index contributed by atoms with van der Waals surface area (Å²) in [7, 11) is 0. The zero-order valence-electron chi connectivity index (χ0n) is 16.0. The molecule has 3 unspecified atom stereocenters. The van der Waals surface area contributed by atoms with E-state index in [0.29, 0.717) is 18.6 Å². The zero-order chi connectivity index (χ0) is 20.1. The SMILES string of the molecule is CC(=O)Nc1ccn(CC2=C(OC3CC(O)CC(C)O3)C=CCC=C2)c(=O)n1. The summed E-state index contributed by atoms with van der Waals surface area (Å²) in [6, 6.07) is 1.57. The van der Waals surface area contributed by atoms with Gasteiger partial charge >= 0.3 is 5.69 Å². The predicted octanol–water partition coefficient (Wildman–Crippen LogP) is 1.87. The zero-order valence-corrected chi connectivity index (χ0v) is 16.0. The highest BCUT2D eigenvalue weighted by Gasteiger charge is 2.27. The molecule has 1 aromatic rings. The number of rotatable bonds is 5. The van der Waals surface area contributed by atoms with Crippen molar-refractivity contribution in [3.63, 3.8) is 0 Å². The van der Waals surface area contributed by atoms with Crippen LogP contribution in [0.25, 0.3) is 0 Å². The van der Waals surface area contributed by atoms with Crippen LogP contribution in [-0.2, 0) is 20.8 Å². The van der Waals surface area contributed by atoms with Gasteiger partial charge in [0.2, 0.25) is 12.2 Å². The van der Waals surface area contributed by atoms with Gasteiger partial charge in [-0.2, -0.15) is 4.98 Å². The normalized spacial score (nSPS) is 24.8. The first-order chi connectivity index (χ1) is 13.4. The molecule has 1 saturated heterocycles. The van der Waals surface area contributed by atoms with Gasteiger partial charge in [0.15, 0.2) is 0 Å². The lowest BCUT2D eigenvalue weighted by Gasteiger charge is -2.32. The number of aromatic nitrogens is 2. The molecule has 3 atom stereocenters. The molecule has 0 bridgehead atoms. The molecule has 1 aromatic heterocycles. The van der Waals surface area contributed by atoms with E-state index in [-0.39, 0.29) is 24.4 Å². The molecular formula is C20H25N3O5. The highest BCUT2D eigenvalue weighted by atomic mass is 16.7. The standard InChI is InChI=1S/C20H25N3O5/c1-13-10-16(25)11-19(27-13)28-17-7-5-3-4-6-15(17)12-23-9-8-18(21-14(2)24)22-20(23)26/h4-9,13,16,19,25H,3,10-12H2,1-2H3,(H,21,22,24,26). The van der Waals surface area contributed by atoms with Crippen molar-refractivity contribution in [2.45, 2.75) is 58.2 Å². The Labute approximate surface area is 163 Å². The summed E-state index contributed by atoms with van der Waals surface area (Å²) in [5.41, 5.74) is 0.318. The Morgan fingerprint density at radius 2 is 2.18 bits per heavy atom. The molecule has 0 radical (unpaired) electrons. The fourth-order valence-corrected chi connectivity index (χ4v) is 3.17. The van der Waals surface area contributed by atoms with Crippen molar-refractivity contribution in [3.05, 3.63) is 58.4 Å². The van der Waals surface area contributed by atoms with Crippen molar-refractivity contribution in [1.82, 2.24) is 9.55 Å². The van der Waals surface area contributed by atoms with Crippen LogP contribution < -0.4 is 11.0 Å². The lowest BCUT2D eigenvalue weighted by Crippen LogP contribution is -2.35. The second kappa shape index (κ2) is 8.99. The number of anilines is 1. The number of hydrogen-bond acceptors (Lipinski definition) is 6. The molecule has 0 saturated carbocycles. The van der Waals surface area contributed by atoms with E-state index in [1.807, 2.05) is 31.2 Å². The summed E-state index contributed by atoms with van der Waals surface area (Å²) in [6.45, 7) is 3.52. The van der Waals surface area contributed by atoms with Crippen LogP contribution >= 0.6 is 0 Å². The molecular weight excluding hydrogens is 362 g/mol. The number of carbonyl (C=O) groups is 1. The number of allylic oxidation sites excluding steroid dienone is 5. The highest BCUT2D eigenvalue weighted by Crippen LogP contribution is 2.25. The van der Waals surface area contributed by atoms with Crippen LogP contribution in [0.1, 0.15) is 33.1 Å². The van der Waals surface area contributed by atoms with Crippen molar-refractivity contribution >= 4 is 11.7 Å². The van der Waals surface area contributed by atoms with Crippen LogP contribution in [0.15, 0.2) is 52.7 Å². The van der Waals surface area contributed by atoms with Crippen LogP contribution in [0, 0.1) is 0 Å². The maximum absolute atomic E-state index is 12.3. The van der Waals surface area contributed by atoms with E-state index in [1.54, 1.807) is 12.3 Å². The average Bonchev–Trinajstić information content (AvgIpc) is 2.81. The van der Waals surface area contributed by atoms with Gasteiger partial charge in [-0.05, 0) is 31.9 Å². The van der Waals surface area contributed by atoms with E-state index in [1.165, 1.54) is 11.5 Å². The molecule has 1 fully saturated rings. The Morgan fingerprint density at radius 1 is 1.39 bits per heavy atom. The third-order valence-corrected chi connectivity index (χ3v) is 4.41. The number of ether oxygens (including phenoxy) is 2. The van der Waals surface area contributed by atoms with Gasteiger partial charge in [-0.25, -0.2) is 4.79 Å². The Morgan fingerprint density at radius 3 is 2.89 bits per heavy atom. The fraction of sp³-hybridized carbons (Fsp3) is 0.450. The minimum Gasteiger partial charge on any atom is -0.464 e. The molecule has 28 heavy (non-hydrogen) atoms. The molecule has 1 aliphatic carbocycles. The highest BCUT2D eigenvalue weighted by molar-refractivity contribution is 5.87. The molecule has 3 rings (SSSR count). The first kappa shape index (κ1) is 20.0. The number of nitrogens with zero attached hydrogens (tertiary/aromatic N) is 2. The fourth-order valence-electron chi connectivity index (χ4n) is 3.17. The Balaban J connectivity index is 1.81. The van der Waals surface area contributed by atoms with Crippen LogP contribution in [0.3, 0.4) is 0 Å². The van der Waals surface area contributed by atoms with Crippen molar-refractivity contribution < 1.29 is 19.4 Å². The van der Waals surface area contributed by atoms with E-state index in [0.717, 1.165) is 12.0 Å². The first-order valence-corrected chi connectivity index (χ1v) is 9.32. The molecule has 0 aromatic carbocycles. The van der Waals surface area contributed by atoms with Crippen LogP contribution in [0.2, 0.25) is 0 Å². The second-order valence-electron chi connectivity index (χ2n) is 6.95. The van der Waals surface area contributed by atoms with Crippen molar-refractivity contribution in [1.29, 1.82) is 0 Å². The monoisotopic (exact) mass is 387 g/mol. The maximum atomic E-state index is 12.3. The predicted molar refractivity (Wildman–Crippen MR) is 103 cm³/mol. The van der Waals surface area contributed by atoms with Crippen molar-refractivity contribution in [2.75, 3.05) is 5.32 Å². The molecule has 2 aliphatic rings. The van der Waals surface area contributed by atoms with Gasteiger partial charge in [-0.3, -0.25) is 9.36 Å². The maximum Gasteiger partial charge on any atom is 0.349 e. The van der Waals surface area contributed by atoms with Gasteiger partial charge in [0.05, 0.1) is 18.8 Å². The van der Waals surface area contributed by atoms with Crippen LogP contribution in [-0.4, -0.2) is 39.1 Å². The van der Waals surface area contributed by atoms with Crippen LogP contribution in [0.5, 0.6) is 0 Å². The lowest BCUT2D eigenvalue weighted by atomic mass is 10.1. The number of aliphatic hydroxyl groups excluding tert-OH is 1. The van der Waals surface area contributed by atoms with E-state index in [4.69, 9.17) is 9.47 Å². The summed E-state index contributed by atoms with van der Waals surface area (Å²) >= 11 is 0. The van der Waals surface area contributed by atoms with E-state index >= 15 is 0 Å². The number of carbonyl (C=O) groups excluding carboxylic acids is 1. The molecule has 1 aliphatic heterocycles. The molecule has 150 valence electrons. The van der Waals surface area contributed by atoms with E-state index in [2.05, 4.69) is 10.3 Å². The van der Waals surface area contributed by atoms with Gasteiger partial charge < -0.3 is 19.9 Å². The molecule has 8 heteroatoms. The number of aliphatic hydroxyl groups is 1. The van der Waals surface area contributed by atoms with E-state index < -0.39 is 18.1 Å². The molecule has 8 nitrogen and oxygen atoms in total. The third-order valence-electron chi connectivity index (χ3n) is 4.41. The Kier molecular flexibility index (Phi) is 6.43. The van der Waals surface area contributed by atoms with Gasteiger partial charge in [-0.1, -0.05) is 18.2 Å². The smallest absolute Gasteiger partial charge is 0.349 e. The summed E-state index contributed by atoms with van der Waals surface area (Å²) in [6.07, 6.45) is 9.92. The first-order valence-electron chi connectivity index (χ1n) is 9.32. The van der Waals surface area contributed by atoms with Crippen molar-refractivity contribution in [3.8, 4) is 0 Å².